The van der Waals surface area contributed by atoms with Crippen LogP contribution in [0.15, 0.2) is 6.33 Å². The van der Waals surface area contributed by atoms with Gasteiger partial charge >= 0.3 is 5.97 Å². The molecule has 0 saturated carbocycles. The zero-order valence-electron chi connectivity index (χ0n) is 9.93. The molecule has 16 heavy (non-hydrogen) atoms. The summed E-state index contributed by atoms with van der Waals surface area (Å²) in [5, 5.41) is 3.79. The van der Waals surface area contributed by atoms with E-state index < -0.39 is 0 Å². The van der Waals surface area contributed by atoms with E-state index in [-0.39, 0.29) is 23.9 Å². The van der Waals surface area contributed by atoms with E-state index in [1.807, 2.05) is 0 Å². The number of hydrogen-bond acceptors (Lipinski definition) is 5. The van der Waals surface area contributed by atoms with Crippen LogP contribution in [0.5, 0.6) is 0 Å². The van der Waals surface area contributed by atoms with Gasteiger partial charge in [0.2, 0.25) is 5.95 Å². The summed E-state index contributed by atoms with van der Waals surface area (Å²) in [6, 6.07) is 0. The molecule has 90 valence electrons. The number of hydrogen-bond donors (Lipinski definition) is 1. The summed E-state index contributed by atoms with van der Waals surface area (Å²) in [5.41, 5.74) is 5.48. The van der Waals surface area contributed by atoms with Gasteiger partial charge in [-0.05, 0) is 11.8 Å². The Labute approximate surface area is 94.8 Å². The molecular formula is C10H18N4O2. The number of ether oxygens (including phenoxy) is 1. The number of anilines is 1. The van der Waals surface area contributed by atoms with Gasteiger partial charge in [-0.3, -0.25) is 4.79 Å². The largest absolute Gasteiger partial charge is 0.464 e. The third kappa shape index (κ3) is 4.77. The first-order valence-corrected chi connectivity index (χ1v) is 5.17. The lowest BCUT2D eigenvalue weighted by molar-refractivity contribution is -0.145. The number of carbonyl (C=O) groups is 1. The first-order chi connectivity index (χ1) is 7.37. The predicted molar refractivity (Wildman–Crippen MR) is 59.5 cm³/mol. The maximum absolute atomic E-state index is 11.4. The fourth-order valence-electron chi connectivity index (χ4n) is 1.03. The standard InChI is InChI=1S/C10H18N4O2/c1-10(2,3)4-5-16-8(15)6-14-7-12-9(11)13-14/h7H,4-6H2,1-3H3,(H2,11,13). The molecule has 0 bridgehead atoms. The van der Waals surface area contributed by atoms with Crippen LogP contribution in [0.1, 0.15) is 27.2 Å². The molecule has 1 aromatic rings. The van der Waals surface area contributed by atoms with Crippen molar-refractivity contribution in [2.24, 2.45) is 5.41 Å². The molecule has 1 heterocycles. The lowest BCUT2D eigenvalue weighted by Gasteiger charge is -2.17. The van der Waals surface area contributed by atoms with E-state index in [4.69, 9.17) is 10.5 Å². The highest BCUT2D eigenvalue weighted by molar-refractivity contribution is 5.68. The van der Waals surface area contributed by atoms with Gasteiger partial charge in [0.15, 0.2) is 0 Å². The highest BCUT2D eigenvalue weighted by Crippen LogP contribution is 2.17. The van der Waals surface area contributed by atoms with Crippen molar-refractivity contribution in [1.29, 1.82) is 0 Å². The Morgan fingerprint density at radius 1 is 1.56 bits per heavy atom. The quantitative estimate of drug-likeness (QED) is 0.769. The van der Waals surface area contributed by atoms with Crippen LogP contribution in [0.3, 0.4) is 0 Å². The van der Waals surface area contributed by atoms with Gasteiger partial charge in [-0.2, -0.15) is 0 Å². The molecule has 0 atom stereocenters. The highest BCUT2D eigenvalue weighted by Gasteiger charge is 2.12. The van der Waals surface area contributed by atoms with Crippen molar-refractivity contribution < 1.29 is 9.53 Å². The van der Waals surface area contributed by atoms with Crippen LogP contribution in [-0.4, -0.2) is 27.3 Å². The zero-order valence-corrected chi connectivity index (χ0v) is 9.93. The molecular weight excluding hydrogens is 208 g/mol. The van der Waals surface area contributed by atoms with Crippen molar-refractivity contribution in [3.05, 3.63) is 6.33 Å². The molecule has 0 fully saturated rings. The van der Waals surface area contributed by atoms with Crippen LogP contribution in [0, 0.1) is 5.41 Å². The second kappa shape index (κ2) is 4.96. The zero-order chi connectivity index (χ0) is 12.2. The third-order valence-corrected chi connectivity index (χ3v) is 1.96. The Morgan fingerprint density at radius 3 is 2.75 bits per heavy atom. The van der Waals surface area contributed by atoms with E-state index in [0.717, 1.165) is 6.42 Å². The molecule has 0 aliphatic heterocycles. The average molecular weight is 226 g/mol. The Hall–Kier alpha value is -1.59. The van der Waals surface area contributed by atoms with Crippen LogP contribution in [0.4, 0.5) is 5.95 Å². The molecule has 1 aromatic heterocycles. The normalized spacial score (nSPS) is 11.4. The average Bonchev–Trinajstić information content (AvgIpc) is 2.48. The van der Waals surface area contributed by atoms with Gasteiger partial charge in [0, 0.05) is 0 Å². The van der Waals surface area contributed by atoms with E-state index in [2.05, 4.69) is 30.9 Å². The van der Waals surface area contributed by atoms with Crippen molar-refractivity contribution >= 4 is 11.9 Å². The number of nitrogens with zero attached hydrogens (tertiary/aromatic N) is 3. The minimum absolute atomic E-state index is 0.0499. The topological polar surface area (TPSA) is 83.0 Å². The molecule has 0 radical (unpaired) electrons. The third-order valence-electron chi connectivity index (χ3n) is 1.96. The summed E-state index contributed by atoms with van der Waals surface area (Å²) in [6.07, 6.45) is 2.23. The van der Waals surface area contributed by atoms with E-state index in [1.54, 1.807) is 0 Å². The van der Waals surface area contributed by atoms with Gasteiger partial charge in [0.1, 0.15) is 12.9 Å². The van der Waals surface area contributed by atoms with Crippen LogP contribution in [0.25, 0.3) is 0 Å². The molecule has 0 amide bonds. The molecule has 1 rings (SSSR count). The molecule has 0 aromatic carbocycles. The second-order valence-corrected chi connectivity index (χ2v) is 4.83. The van der Waals surface area contributed by atoms with E-state index in [9.17, 15) is 4.79 Å². The predicted octanol–water partition coefficient (Wildman–Crippen LogP) is 0.840. The SMILES string of the molecule is CC(C)(C)CCOC(=O)Cn1cnc(N)n1. The maximum atomic E-state index is 11.4. The number of esters is 1. The number of rotatable bonds is 4. The fraction of sp³-hybridized carbons (Fsp3) is 0.700. The summed E-state index contributed by atoms with van der Waals surface area (Å²) in [7, 11) is 0. The lowest BCUT2D eigenvalue weighted by Crippen LogP contribution is -2.17. The Bertz CT molecular complexity index is 354. The van der Waals surface area contributed by atoms with Gasteiger partial charge in [-0.15, -0.1) is 5.10 Å². The molecule has 0 aliphatic carbocycles. The molecule has 0 aliphatic rings. The van der Waals surface area contributed by atoms with E-state index >= 15 is 0 Å². The van der Waals surface area contributed by atoms with Gasteiger partial charge in [0.05, 0.1) is 6.61 Å². The van der Waals surface area contributed by atoms with Crippen LogP contribution in [-0.2, 0) is 16.1 Å². The van der Waals surface area contributed by atoms with Crippen molar-refractivity contribution in [2.75, 3.05) is 12.3 Å². The molecule has 2 N–H and O–H groups in total. The van der Waals surface area contributed by atoms with Gasteiger partial charge in [0.25, 0.3) is 0 Å². The van der Waals surface area contributed by atoms with E-state index in [0.29, 0.717) is 6.61 Å². The first kappa shape index (κ1) is 12.5. The number of nitrogens with two attached hydrogens (primary N) is 1. The van der Waals surface area contributed by atoms with Crippen LogP contribution >= 0.6 is 0 Å². The second-order valence-electron chi connectivity index (χ2n) is 4.83. The number of aromatic nitrogens is 3. The molecule has 0 unspecified atom stereocenters. The fourth-order valence-corrected chi connectivity index (χ4v) is 1.03. The Kier molecular flexibility index (Phi) is 3.87. The van der Waals surface area contributed by atoms with Crippen LogP contribution < -0.4 is 5.73 Å². The number of nitrogen functional groups attached to an aromatic ring is 1. The first-order valence-electron chi connectivity index (χ1n) is 5.17. The summed E-state index contributed by atoms with van der Waals surface area (Å²) >= 11 is 0. The van der Waals surface area contributed by atoms with Crippen LogP contribution in [0.2, 0.25) is 0 Å². The lowest BCUT2D eigenvalue weighted by atomic mass is 9.93. The summed E-state index contributed by atoms with van der Waals surface area (Å²) in [6.45, 7) is 6.76. The van der Waals surface area contributed by atoms with Gasteiger partial charge in [-0.25, -0.2) is 9.67 Å². The van der Waals surface area contributed by atoms with Crippen molar-refractivity contribution in [2.45, 2.75) is 33.7 Å². The molecule has 0 spiro atoms. The smallest absolute Gasteiger partial charge is 0.327 e. The molecule has 6 heteroatoms. The van der Waals surface area contributed by atoms with Crippen molar-refractivity contribution in [1.82, 2.24) is 14.8 Å². The molecule has 6 nitrogen and oxygen atoms in total. The maximum Gasteiger partial charge on any atom is 0.327 e. The van der Waals surface area contributed by atoms with E-state index in [1.165, 1.54) is 11.0 Å². The number of carbonyl (C=O) groups excluding carboxylic acids is 1. The molecule has 0 saturated heterocycles. The minimum Gasteiger partial charge on any atom is -0.464 e. The van der Waals surface area contributed by atoms with Crippen molar-refractivity contribution in [3.8, 4) is 0 Å². The monoisotopic (exact) mass is 226 g/mol. The van der Waals surface area contributed by atoms with Crippen molar-refractivity contribution in [3.63, 3.8) is 0 Å². The Morgan fingerprint density at radius 2 is 2.25 bits per heavy atom. The summed E-state index contributed by atoms with van der Waals surface area (Å²) < 4.78 is 6.42. The summed E-state index contributed by atoms with van der Waals surface area (Å²) in [4.78, 5) is 15.1. The Balaban J connectivity index is 2.26. The summed E-state index contributed by atoms with van der Waals surface area (Å²) in [5.74, 6) is -0.170. The van der Waals surface area contributed by atoms with Gasteiger partial charge < -0.3 is 10.5 Å². The minimum atomic E-state index is -0.325. The van der Waals surface area contributed by atoms with Gasteiger partial charge in [-0.1, -0.05) is 20.8 Å². The highest BCUT2D eigenvalue weighted by atomic mass is 16.5.